The summed E-state index contributed by atoms with van der Waals surface area (Å²) in [6.45, 7) is 6.33. The van der Waals surface area contributed by atoms with Gasteiger partial charge in [-0.2, -0.15) is 0 Å². The number of nitrogen functional groups attached to an aromatic ring is 1. The minimum Gasteiger partial charge on any atom is -0.398 e. The molecule has 1 fully saturated rings. The molecule has 0 saturated carbocycles. The zero-order chi connectivity index (χ0) is 14.7. The molecule has 1 heterocycles. The molecule has 3 N–H and O–H groups in total. The van der Waals surface area contributed by atoms with E-state index >= 15 is 0 Å². The van der Waals surface area contributed by atoms with E-state index < -0.39 is 5.82 Å². The van der Waals surface area contributed by atoms with E-state index in [1.54, 1.807) is 0 Å². The van der Waals surface area contributed by atoms with Crippen molar-refractivity contribution in [3.05, 3.63) is 29.6 Å². The van der Waals surface area contributed by atoms with Crippen LogP contribution in [-0.2, 0) is 0 Å². The van der Waals surface area contributed by atoms with Crippen LogP contribution >= 0.6 is 0 Å². The second-order valence-electron chi connectivity index (χ2n) is 5.61. The molecule has 0 aromatic heterocycles. The zero-order valence-electron chi connectivity index (χ0n) is 12.0. The summed E-state index contributed by atoms with van der Waals surface area (Å²) in [6.07, 6.45) is 1.87. The van der Waals surface area contributed by atoms with Gasteiger partial charge in [0.1, 0.15) is 5.82 Å². The lowest BCUT2D eigenvalue weighted by Gasteiger charge is -2.34. The maximum absolute atomic E-state index is 13.0. The Hall–Kier alpha value is -1.62. The average Bonchev–Trinajstić information content (AvgIpc) is 2.39. The molecule has 1 amide bonds. The Kier molecular flexibility index (Phi) is 4.60. The van der Waals surface area contributed by atoms with Crippen LogP contribution in [0.2, 0.25) is 0 Å². The highest BCUT2D eigenvalue weighted by Crippen LogP contribution is 2.16. The summed E-state index contributed by atoms with van der Waals surface area (Å²) < 4.78 is 13.0. The Morgan fingerprint density at radius 2 is 2.05 bits per heavy atom. The number of benzene rings is 1. The number of hydrogen-bond donors (Lipinski definition) is 2. The molecule has 5 heteroatoms. The van der Waals surface area contributed by atoms with Crippen LogP contribution in [0.1, 0.15) is 37.0 Å². The molecule has 1 aromatic rings. The van der Waals surface area contributed by atoms with Crippen LogP contribution in [0.15, 0.2) is 18.2 Å². The van der Waals surface area contributed by atoms with Crippen molar-refractivity contribution in [1.82, 2.24) is 10.2 Å². The van der Waals surface area contributed by atoms with Crippen LogP contribution in [0.5, 0.6) is 0 Å². The number of rotatable bonds is 3. The van der Waals surface area contributed by atoms with E-state index in [1.165, 1.54) is 18.2 Å². The van der Waals surface area contributed by atoms with Crippen molar-refractivity contribution < 1.29 is 9.18 Å². The summed E-state index contributed by atoms with van der Waals surface area (Å²) in [5, 5.41) is 2.99. The Morgan fingerprint density at radius 1 is 1.40 bits per heavy atom. The van der Waals surface area contributed by atoms with Crippen LogP contribution in [-0.4, -0.2) is 36.0 Å². The summed E-state index contributed by atoms with van der Waals surface area (Å²) in [7, 11) is 0. The van der Waals surface area contributed by atoms with Crippen LogP contribution in [0.4, 0.5) is 10.1 Å². The molecule has 1 saturated heterocycles. The second-order valence-corrected chi connectivity index (χ2v) is 5.61. The third-order valence-corrected chi connectivity index (χ3v) is 3.85. The Labute approximate surface area is 119 Å². The predicted octanol–water partition coefficient (Wildman–Crippen LogP) is 2.01. The van der Waals surface area contributed by atoms with E-state index in [-0.39, 0.29) is 17.6 Å². The Bertz CT molecular complexity index is 482. The lowest BCUT2D eigenvalue weighted by atomic mass is 10.0. The minimum absolute atomic E-state index is 0.168. The number of amides is 1. The molecule has 4 nitrogen and oxygen atoms in total. The summed E-state index contributed by atoms with van der Waals surface area (Å²) in [5.74, 6) is -0.644. The number of nitrogens with one attached hydrogen (secondary N) is 1. The van der Waals surface area contributed by atoms with Crippen LogP contribution in [0.25, 0.3) is 0 Å². The number of likely N-dealkylation sites (tertiary alicyclic amines) is 1. The second kappa shape index (κ2) is 6.22. The van der Waals surface area contributed by atoms with Crippen molar-refractivity contribution in [3.63, 3.8) is 0 Å². The van der Waals surface area contributed by atoms with E-state index in [1.807, 2.05) is 0 Å². The van der Waals surface area contributed by atoms with E-state index in [9.17, 15) is 9.18 Å². The van der Waals surface area contributed by atoms with Gasteiger partial charge in [0.05, 0.1) is 5.56 Å². The SMILES string of the molecule is CC(C)N1CCC(NC(=O)c2ccc(F)cc2N)CC1. The van der Waals surface area contributed by atoms with Gasteiger partial charge in [0.15, 0.2) is 0 Å². The highest BCUT2D eigenvalue weighted by molar-refractivity contribution is 5.99. The van der Waals surface area contributed by atoms with Gasteiger partial charge < -0.3 is 16.0 Å². The van der Waals surface area contributed by atoms with Crippen molar-refractivity contribution in [3.8, 4) is 0 Å². The lowest BCUT2D eigenvalue weighted by molar-refractivity contribution is 0.0901. The van der Waals surface area contributed by atoms with Crippen LogP contribution in [0.3, 0.4) is 0 Å². The van der Waals surface area contributed by atoms with Gasteiger partial charge in [0.25, 0.3) is 5.91 Å². The molecular formula is C15H22FN3O. The number of carbonyl (C=O) groups excluding carboxylic acids is 1. The van der Waals surface area contributed by atoms with Gasteiger partial charge in [-0.15, -0.1) is 0 Å². The normalized spacial score (nSPS) is 17.4. The van der Waals surface area contributed by atoms with Gasteiger partial charge in [-0.05, 0) is 44.9 Å². The quantitative estimate of drug-likeness (QED) is 0.832. The minimum atomic E-state index is -0.427. The van der Waals surface area contributed by atoms with Crippen molar-refractivity contribution in [2.75, 3.05) is 18.8 Å². The fourth-order valence-corrected chi connectivity index (χ4v) is 2.56. The summed E-state index contributed by atoms with van der Waals surface area (Å²) in [6, 6.07) is 4.58. The van der Waals surface area contributed by atoms with E-state index in [4.69, 9.17) is 5.73 Å². The summed E-state index contributed by atoms with van der Waals surface area (Å²) >= 11 is 0. The van der Waals surface area contributed by atoms with E-state index in [0.717, 1.165) is 25.9 Å². The predicted molar refractivity (Wildman–Crippen MR) is 78.0 cm³/mol. The number of nitrogens with zero attached hydrogens (tertiary/aromatic N) is 1. The molecule has 1 aliphatic heterocycles. The Morgan fingerprint density at radius 3 is 2.60 bits per heavy atom. The molecule has 0 spiro atoms. The maximum atomic E-state index is 13.0. The number of piperidine rings is 1. The topological polar surface area (TPSA) is 58.4 Å². The molecule has 1 aliphatic rings. The molecule has 20 heavy (non-hydrogen) atoms. The molecule has 0 unspecified atom stereocenters. The fraction of sp³-hybridized carbons (Fsp3) is 0.533. The van der Waals surface area contributed by atoms with Gasteiger partial charge in [-0.3, -0.25) is 4.79 Å². The van der Waals surface area contributed by atoms with Crippen molar-refractivity contribution in [2.24, 2.45) is 0 Å². The van der Waals surface area contributed by atoms with Crippen molar-refractivity contribution in [2.45, 2.75) is 38.8 Å². The molecule has 0 bridgehead atoms. The van der Waals surface area contributed by atoms with Crippen LogP contribution in [0, 0.1) is 5.82 Å². The smallest absolute Gasteiger partial charge is 0.253 e. The first-order valence-corrected chi connectivity index (χ1v) is 7.07. The van der Waals surface area contributed by atoms with Gasteiger partial charge >= 0.3 is 0 Å². The molecule has 0 aliphatic carbocycles. The van der Waals surface area contributed by atoms with Crippen LogP contribution < -0.4 is 11.1 Å². The number of halogens is 1. The van der Waals surface area contributed by atoms with Gasteiger partial charge in [0.2, 0.25) is 0 Å². The molecule has 0 atom stereocenters. The lowest BCUT2D eigenvalue weighted by Crippen LogP contribution is -2.46. The highest BCUT2D eigenvalue weighted by Gasteiger charge is 2.23. The van der Waals surface area contributed by atoms with Gasteiger partial charge in [0, 0.05) is 30.9 Å². The van der Waals surface area contributed by atoms with Crippen molar-refractivity contribution >= 4 is 11.6 Å². The molecular weight excluding hydrogens is 257 g/mol. The fourth-order valence-electron chi connectivity index (χ4n) is 2.56. The van der Waals surface area contributed by atoms with Gasteiger partial charge in [-0.1, -0.05) is 0 Å². The summed E-state index contributed by atoms with van der Waals surface area (Å²) in [4.78, 5) is 14.5. The van der Waals surface area contributed by atoms with Crippen molar-refractivity contribution in [1.29, 1.82) is 0 Å². The third kappa shape index (κ3) is 3.48. The molecule has 0 radical (unpaired) electrons. The monoisotopic (exact) mass is 279 g/mol. The number of hydrogen-bond acceptors (Lipinski definition) is 3. The van der Waals surface area contributed by atoms with Gasteiger partial charge in [-0.25, -0.2) is 4.39 Å². The first-order chi connectivity index (χ1) is 9.47. The average molecular weight is 279 g/mol. The van der Waals surface area contributed by atoms with E-state index in [2.05, 4.69) is 24.1 Å². The first-order valence-electron chi connectivity index (χ1n) is 7.07. The molecule has 2 rings (SSSR count). The Balaban J connectivity index is 1.92. The summed E-state index contributed by atoms with van der Waals surface area (Å²) in [5.41, 5.74) is 6.21. The standard InChI is InChI=1S/C15H22FN3O/c1-10(2)19-7-5-12(6-8-19)18-15(20)13-4-3-11(16)9-14(13)17/h3-4,9-10,12H,5-8,17H2,1-2H3,(H,18,20). The number of carbonyl (C=O) groups is 1. The highest BCUT2D eigenvalue weighted by atomic mass is 19.1. The molecule has 110 valence electrons. The number of anilines is 1. The zero-order valence-corrected chi connectivity index (χ0v) is 12.0. The maximum Gasteiger partial charge on any atom is 0.253 e. The first kappa shape index (κ1) is 14.8. The largest absolute Gasteiger partial charge is 0.398 e. The molecule has 1 aromatic carbocycles. The third-order valence-electron chi connectivity index (χ3n) is 3.85. The number of nitrogens with two attached hydrogens (primary N) is 1. The van der Waals surface area contributed by atoms with E-state index in [0.29, 0.717) is 11.6 Å².